The Morgan fingerprint density at radius 2 is 2.00 bits per heavy atom. The maximum Gasteiger partial charge on any atom is 0.165 e. The second kappa shape index (κ2) is 6.04. The minimum atomic E-state index is -0.392. The summed E-state index contributed by atoms with van der Waals surface area (Å²) in [6.45, 7) is 0. The molecule has 0 aromatic heterocycles. The molecule has 2 aromatic rings. The van der Waals surface area contributed by atoms with Crippen LogP contribution >= 0.6 is 11.6 Å². The highest BCUT2D eigenvalue weighted by Crippen LogP contribution is 2.25. The average Bonchev–Trinajstić information content (AvgIpc) is 2.42. The zero-order valence-electron chi connectivity index (χ0n) is 10.6. The molecule has 0 spiro atoms. The van der Waals surface area contributed by atoms with Crippen LogP contribution < -0.4 is 10.5 Å². The van der Waals surface area contributed by atoms with E-state index < -0.39 is 5.82 Å². The van der Waals surface area contributed by atoms with E-state index in [1.54, 1.807) is 12.1 Å². The fourth-order valence-corrected chi connectivity index (χ4v) is 2.14. The zero-order chi connectivity index (χ0) is 13.8. The molecule has 1 unspecified atom stereocenters. The maximum atomic E-state index is 13.3. The number of nitrogens with two attached hydrogens (primary N) is 1. The molecule has 0 amide bonds. The first-order chi connectivity index (χ1) is 9.11. The highest BCUT2D eigenvalue weighted by Gasteiger charge is 2.12. The van der Waals surface area contributed by atoms with Gasteiger partial charge in [0.15, 0.2) is 11.6 Å². The van der Waals surface area contributed by atoms with Gasteiger partial charge in [-0.15, -0.1) is 0 Å². The summed E-state index contributed by atoms with van der Waals surface area (Å²) in [6.07, 6.45) is 0.592. The summed E-state index contributed by atoms with van der Waals surface area (Å²) < 4.78 is 18.3. The number of hydrogen-bond acceptors (Lipinski definition) is 2. The van der Waals surface area contributed by atoms with Crippen LogP contribution in [0.4, 0.5) is 4.39 Å². The van der Waals surface area contributed by atoms with Crippen molar-refractivity contribution in [3.63, 3.8) is 0 Å². The highest BCUT2D eigenvalue weighted by molar-refractivity contribution is 6.31. The van der Waals surface area contributed by atoms with E-state index in [1.165, 1.54) is 13.2 Å². The minimum Gasteiger partial charge on any atom is -0.494 e. The van der Waals surface area contributed by atoms with Crippen molar-refractivity contribution >= 4 is 11.6 Å². The van der Waals surface area contributed by atoms with Crippen molar-refractivity contribution in [1.82, 2.24) is 0 Å². The molecule has 0 bridgehead atoms. The molecule has 0 aliphatic heterocycles. The van der Waals surface area contributed by atoms with Crippen LogP contribution in [0, 0.1) is 5.82 Å². The molecular formula is C15H15ClFNO. The third-order valence-corrected chi connectivity index (χ3v) is 3.37. The lowest BCUT2D eigenvalue weighted by atomic mass is 9.99. The van der Waals surface area contributed by atoms with Gasteiger partial charge in [0.1, 0.15) is 0 Å². The Morgan fingerprint density at radius 1 is 1.26 bits per heavy atom. The molecule has 100 valence electrons. The molecule has 2 N–H and O–H groups in total. The quantitative estimate of drug-likeness (QED) is 0.925. The smallest absolute Gasteiger partial charge is 0.165 e. The lowest BCUT2D eigenvalue weighted by molar-refractivity contribution is 0.385. The molecule has 19 heavy (non-hydrogen) atoms. The van der Waals surface area contributed by atoms with Gasteiger partial charge >= 0.3 is 0 Å². The van der Waals surface area contributed by atoms with E-state index in [9.17, 15) is 4.39 Å². The average molecular weight is 280 g/mol. The fraction of sp³-hybridized carbons (Fsp3) is 0.200. The summed E-state index contributed by atoms with van der Waals surface area (Å²) in [4.78, 5) is 0. The van der Waals surface area contributed by atoms with Gasteiger partial charge < -0.3 is 10.5 Å². The number of benzene rings is 2. The topological polar surface area (TPSA) is 35.2 Å². The molecular weight excluding hydrogens is 265 g/mol. The monoisotopic (exact) mass is 279 g/mol. The molecule has 2 nitrogen and oxygen atoms in total. The van der Waals surface area contributed by atoms with Gasteiger partial charge in [-0.2, -0.15) is 0 Å². The normalized spacial score (nSPS) is 12.2. The first kappa shape index (κ1) is 13.8. The van der Waals surface area contributed by atoms with E-state index >= 15 is 0 Å². The van der Waals surface area contributed by atoms with E-state index in [1.807, 2.05) is 24.3 Å². The molecule has 0 radical (unpaired) electrons. The lowest BCUT2D eigenvalue weighted by Gasteiger charge is -2.14. The van der Waals surface area contributed by atoms with E-state index in [0.29, 0.717) is 11.4 Å². The van der Waals surface area contributed by atoms with Gasteiger partial charge in [-0.1, -0.05) is 35.9 Å². The molecule has 0 heterocycles. The van der Waals surface area contributed by atoms with E-state index in [0.717, 1.165) is 11.1 Å². The maximum absolute atomic E-state index is 13.3. The van der Waals surface area contributed by atoms with Crippen molar-refractivity contribution in [2.75, 3.05) is 7.11 Å². The van der Waals surface area contributed by atoms with Crippen LogP contribution in [0.5, 0.6) is 5.75 Å². The second-order valence-corrected chi connectivity index (χ2v) is 4.70. The zero-order valence-corrected chi connectivity index (χ0v) is 11.3. The van der Waals surface area contributed by atoms with E-state index in [4.69, 9.17) is 22.1 Å². The summed E-state index contributed by atoms with van der Waals surface area (Å²) in [7, 11) is 1.43. The largest absolute Gasteiger partial charge is 0.494 e. The minimum absolute atomic E-state index is 0.201. The van der Waals surface area contributed by atoms with Crippen LogP contribution in [0.25, 0.3) is 0 Å². The first-order valence-electron chi connectivity index (χ1n) is 5.94. The van der Waals surface area contributed by atoms with Gasteiger partial charge in [0.25, 0.3) is 0 Å². The second-order valence-electron chi connectivity index (χ2n) is 4.30. The summed E-state index contributed by atoms with van der Waals surface area (Å²) >= 11 is 6.10. The summed E-state index contributed by atoms with van der Waals surface area (Å²) in [5.74, 6) is -0.191. The molecule has 1 atom stereocenters. The van der Waals surface area contributed by atoms with Gasteiger partial charge in [-0.05, 0) is 35.7 Å². The Bertz CT molecular complexity index is 574. The first-order valence-corrected chi connectivity index (χ1v) is 6.32. The summed E-state index contributed by atoms with van der Waals surface area (Å²) in [5.41, 5.74) is 7.92. The van der Waals surface area contributed by atoms with Crippen LogP contribution in [0.15, 0.2) is 42.5 Å². The summed E-state index contributed by atoms with van der Waals surface area (Å²) in [5, 5.41) is 0.687. The third kappa shape index (κ3) is 3.25. The van der Waals surface area contributed by atoms with Crippen molar-refractivity contribution < 1.29 is 9.13 Å². The molecule has 0 saturated carbocycles. The van der Waals surface area contributed by atoms with Crippen LogP contribution in [0.2, 0.25) is 5.02 Å². The highest BCUT2D eigenvalue weighted by atomic mass is 35.5. The molecule has 2 rings (SSSR count). The molecule has 0 fully saturated rings. The van der Waals surface area contributed by atoms with Crippen LogP contribution in [0.1, 0.15) is 17.2 Å². The third-order valence-electron chi connectivity index (χ3n) is 3.00. The number of rotatable bonds is 4. The number of hydrogen-bond donors (Lipinski definition) is 1. The van der Waals surface area contributed by atoms with Crippen LogP contribution in [-0.4, -0.2) is 7.11 Å². The molecule has 0 saturated heterocycles. The Balaban J connectivity index is 2.20. The molecule has 2 aromatic carbocycles. The SMILES string of the molecule is COc1cc(C(N)Cc2ccccc2Cl)ccc1F. The van der Waals surface area contributed by atoms with Crippen molar-refractivity contribution in [2.45, 2.75) is 12.5 Å². The number of halogens is 2. The van der Waals surface area contributed by atoms with Gasteiger partial charge in [-0.25, -0.2) is 4.39 Å². The van der Waals surface area contributed by atoms with Crippen LogP contribution in [0.3, 0.4) is 0 Å². The Hall–Kier alpha value is -1.58. The van der Waals surface area contributed by atoms with E-state index in [2.05, 4.69) is 0 Å². The van der Waals surface area contributed by atoms with Crippen molar-refractivity contribution in [3.8, 4) is 5.75 Å². The fourth-order valence-electron chi connectivity index (χ4n) is 1.93. The van der Waals surface area contributed by atoms with Gasteiger partial charge in [-0.3, -0.25) is 0 Å². The van der Waals surface area contributed by atoms with Gasteiger partial charge in [0.05, 0.1) is 7.11 Å². The van der Waals surface area contributed by atoms with Gasteiger partial charge in [0, 0.05) is 11.1 Å². The number of ether oxygens (including phenoxy) is 1. The Kier molecular flexibility index (Phi) is 4.40. The Labute approximate surface area is 117 Å². The van der Waals surface area contributed by atoms with Gasteiger partial charge in [0.2, 0.25) is 0 Å². The predicted molar refractivity (Wildman–Crippen MR) is 75.0 cm³/mol. The standard InChI is InChI=1S/C15H15ClFNO/c1-19-15-9-11(6-7-13(15)17)14(18)8-10-4-2-3-5-12(10)16/h2-7,9,14H,8,18H2,1H3. The molecule has 0 aliphatic carbocycles. The predicted octanol–water partition coefficient (Wildman–Crippen LogP) is 3.73. The number of methoxy groups -OCH3 is 1. The van der Waals surface area contributed by atoms with E-state index in [-0.39, 0.29) is 11.8 Å². The van der Waals surface area contributed by atoms with Crippen molar-refractivity contribution in [2.24, 2.45) is 5.73 Å². The van der Waals surface area contributed by atoms with Crippen LogP contribution in [-0.2, 0) is 6.42 Å². The lowest BCUT2D eigenvalue weighted by Crippen LogP contribution is -2.13. The van der Waals surface area contributed by atoms with Crippen molar-refractivity contribution in [3.05, 3.63) is 64.4 Å². The summed E-state index contributed by atoms with van der Waals surface area (Å²) in [6, 6.07) is 11.9. The molecule has 4 heteroatoms. The Morgan fingerprint density at radius 3 is 2.68 bits per heavy atom. The van der Waals surface area contributed by atoms with Crippen molar-refractivity contribution in [1.29, 1.82) is 0 Å². The molecule has 0 aliphatic rings.